The number of rotatable bonds is 13. The zero-order chi connectivity index (χ0) is 16.1. The number of carbonyl (C=O) groups excluding carboxylic acids is 1. The Morgan fingerprint density at radius 3 is 2.14 bits per heavy atom. The van der Waals surface area contributed by atoms with Gasteiger partial charge in [0.15, 0.2) is 0 Å². The molecule has 0 radical (unpaired) electrons. The maximum absolute atomic E-state index is 11.9. The molecule has 1 atom stereocenters. The van der Waals surface area contributed by atoms with Crippen LogP contribution >= 0.6 is 0 Å². The lowest BCUT2D eigenvalue weighted by molar-refractivity contribution is -0.148. The van der Waals surface area contributed by atoms with E-state index in [1.165, 1.54) is 7.11 Å². The van der Waals surface area contributed by atoms with Crippen molar-refractivity contribution in [2.45, 2.75) is 45.2 Å². The van der Waals surface area contributed by atoms with Gasteiger partial charge in [-0.15, -0.1) is 0 Å². The van der Waals surface area contributed by atoms with Crippen LogP contribution in [-0.4, -0.2) is 64.8 Å². The topological polar surface area (TPSA) is 66.0 Å². The van der Waals surface area contributed by atoms with E-state index in [2.05, 4.69) is 5.32 Å². The number of esters is 1. The predicted molar refractivity (Wildman–Crippen MR) is 81.4 cm³/mol. The van der Waals surface area contributed by atoms with E-state index >= 15 is 0 Å². The van der Waals surface area contributed by atoms with Gasteiger partial charge in [-0.25, -0.2) is 0 Å². The van der Waals surface area contributed by atoms with E-state index in [0.29, 0.717) is 39.5 Å². The van der Waals surface area contributed by atoms with E-state index in [-0.39, 0.29) is 12.0 Å². The second kappa shape index (κ2) is 11.9. The van der Waals surface area contributed by atoms with Crippen molar-refractivity contribution in [1.82, 2.24) is 5.32 Å². The zero-order valence-corrected chi connectivity index (χ0v) is 14.1. The molecule has 21 heavy (non-hydrogen) atoms. The molecule has 0 fully saturated rings. The SMILES string of the molecule is COCCOCCOCCCC(C)(NC(C)C)C(=O)OC. The highest BCUT2D eigenvalue weighted by Gasteiger charge is 2.33. The van der Waals surface area contributed by atoms with Crippen LogP contribution in [0.3, 0.4) is 0 Å². The highest BCUT2D eigenvalue weighted by molar-refractivity contribution is 5.80. The molecule has 0 aliphatic rings. The van der Waals surface area contributed by atoms with Crippen molar-refractivity contribution in [1.29, 1.82) is 0 Å². The largest absolute Gasteiger partial charge is 0.468 e. The molecule has 126 valence electrons. The second-order valence-electron chi connectivity index (χ2n) is 5.44. The number of methoxy groups -OCH3 is 2. The summed E-state index contributed by atoms with van der Waals surface area (Å²) >= 11 is 0. The smallest absolute Gasteiger partial charge is 0.325 e. The zero-order valence-electron chi connectivity index (χ0n) is 14.1. The lowest BCUT2D eigenvalue weighted by atomic mass is 9.95. The number of nitrogens with one attached hydrogen (secondary N) is 1. The van der Waals surface area contributed by atoms with Crippen LogP contribution in [0.25, 0.3) is 0 Å². The highest BCUT2D eigenvalue weighted by Crippen LogP contribution is 2.15. The summed E-state index contributed by atoms with van der Waals surface area (Å²) < 4.78 is 20.5. The number of ether oxygens (including phenoxy) is 4. The minimum Gasteiger partial charge on any atom is -0.468 e. The molecule has 0 saturated heterocycles. The third-order valence-corrected chi connectivity index (χ3v) is 3.01. The van der Waals surface area contributed by atoms with Crippen LogP contribution in [-0.2, 0) is 23.7 Å². The Bertz CT molecular complexity index is 273. The first-order valence-electron chi connectivity index (χ1n) is 7.47. The molecule has 0 aliphatic heterocycles. The molecule has 0 spiro atoms. The van der Waals surface area contributed by atoms with Crippen molar-refractivity contribution in [2.24, 2.45) is 0 Å². The molecule has 0 heterocycles. The molecule has 0 bridgehead atoms. The third-order valence-electron chi connectivity index (χ3n) is 3.01. The van der Waals surface area contributed by atoms with Crippen molar-refractivity contribution >= 4 is 5.97 Å². The van der Waals surface area contributed by atoms with Gasteiger partial charge >= 0.3 is 5.97 Å². The molecule has 0 amide bonds. The van der Waals surface area contributed by atoms with Crippen molar-refractivity contribution in [3.63, 3.8) is 0 Å². The maximum atomic E-state index is 11.9. The van der Waals surface area contributed by atoms with Crippen LogP contribution in [0.2, 0.25) is 0 Å². The average molecular weight is 305 g/mol. The molecular formula is C15H31NO5. The summed E-state index contributed by atoms with van der Waals surface area (Å²) in [6.07, 6.45) is 1.45. The van der Waals surface area contributed by atoms with Crippen molar-refractivity contribution in [2.75, 3.05) is 47.3 Å². The van der Waals surface area contributed by atoms with Gasteiger partial charge < -0.3 is 18.9 Å². The molecule has 6 heteroatoms. The molecule has 1 unspecified atom stereocenters. The minimum atomic E-state index is -0.665. The van der Waals surface area contributed by atoms with E-state index in [9.17, 15) is 4.79 Å². The van der Waals surface area contributed by atoms with Gasteiger partial charge in [0.2, 0.25) is 0 Å². The quantitative estimate of drug-likeness (QED) is 0.409. The number of hydrogen-bond acceptors (Lipinski definition) is 6. The van der Waals surface area contributed by atoms with Gasteiger partial charge in [0.05, 0.1) is 33.5 Å². The summed E-state index contributed by atoms with van der Waals surface area (Å²) in [5.74, 6) is -0.237. The fourth-order valence-electron chi connectivity index (χ4n) is 2.09. The number of hydrogen-bond donors (Lipinski definition) is 1. The third kappa shape index (κ3) is 9.79. The summed E-state index contributed by atoms with van der Waals surface area (Å²) in [5, 5.41) is 3.26. The lowest BCUT2D eigenvalue weighted by Gasteiger charge is -2.30. The molecule has 6 nitrogen and oxygen atoms in total. The first-order chi connectivity index (χ1) is 9.96. The van der Waals surface area contributed by atoms with Crippen molar-refractivity contribution in [3.8, 4) is 0 Å². The molecular weight excluding hydrogens is 274 g/mol. The Morgan fingerprint density at radius 1 is 1.05 bits per heavy atom. The summed E-state index contributed by atoms with van der Waals surface area (Å²) in [4.78, 5) is 11.9. The van der Waals surface area contributed by atoms with Crippen LogP contribution in [0.4, 0.5) is 0 Å². The summed E-state index contributed by atoms with van der Waals surface area (Å²) in [6, 6.07) is 0.212. The number of carbonyl (C=O) groups is 1. The van der Waals surface area contributed by atoms with Gasteiger partial charge in [-0.2, -0.15) is 0 Å². The molecule has 0 aromatic carbocycles. The molecule has 0 aromatic heterocycles. The molecule has 0 aliphatic carbocycles. The standard InChI is InChI=1S/C15H31NO5/c1-13(2)16-15(3,14(17)19-5)7-6-8-20-11-12-21-10-9-18-4/h13,16H,6-12H2,1-5H3. The fraction of sp³-hybridized carbons (Fsp3) is 0.933. The second-order valence-corrected chi connectivity index (χ2v) is 5.44. The fourth-order valence-corrected chi connectivity index (χ4v) is 2.09. The predicted octanol–water partition coefficient (Wildman–Crippen LogP) is 1.38. The van der Waals surface area contributed by atoms with Crippen LogP contribution in [0.5, 0.6) is 0 Å². The molecule has 0 aromatic rings. The summed E-state index contributed by atoms with van der Waals surface area (Å²) in [5.41, 5.74) is -0.665. The highest BCUT2D eigenvalue weighted by atomic mass is 16.5. The Kier molecular flexibility index (Phi) is 11.5. The van der Waals surface area contributed by atoms with Crippen LogP contribution in [0, 0.1) is 0 Å². The molecule has 0 saturated carbocycles. The van der Waals surface area contributed by atoms with Gasteiger partial charge in [0.25, 0.3) is 0 Å². The van der Waals surface area contributed by atoms with E-state index in [1.807, 2.05) is 20.8 Å². The lowest BCUT2D eigenvalue weighted by Crippen LogP contribution is -2.53. The van der Waals surface area contributed by atoms with Crippen LogP contribution in [0.15, 0.2) is 0 Å². The van der Waals surface area contributed by atoms with Gasteiger partial charge in [-0.1, -0.05) is 0 Å². The maximum Gasteiger partial charge on any atom is 0.325 e. The first kappa shape index (κ1) is 20.3. The van der Waals surface area contributed by atoms with Gasteiger partial charge in [-0.05, 0) is 33.6 Å². The van der Waals surface area contributed by atoms with E-state index in [1.54, 1.807) is 7.11 Å². The average Bonchev–Trinajstić information content (AvgIpc) is 2.43. The van der Waals surface area contributed by atoms with E-state index < -0.39 is 5.54 Å². The van der Waals surface area contributed by atoms with Gasteiger partial charge in [0, 0.05) is 19.8 Å². The summed E-state index contributed by atoms with van der Waals surface area (Å²) in [7, 11) is 3.06. The molecule has 0 rings (SSSR count). The van der Waals surface area contributed by atoms with Crippen LogP contribution in [0.1, 0.15) is 33.6 Å². The van der Waals surface area contributed by atoms with Gasteiger partial charge in [0.1, 0.15) is 5.54 Å². The summed E-state index contributed by atoms with van der Waals surface area (Å²) in [6.45, 7) is 8.77. The van der Waals surface area contributed by atoms with Crippen LogP contribution < -0.4 is 5.32 Å². The van der Waals surface area contributed by atoms with Crippen molar-refractivity contribution in [3.05, 3.63) is 0 Å². The van der Waals surface area contributed by atoms with Gasteiger partial charge in [-0.3, -0.25) is 10.1 Å². The Labute approximate surface area is 128 Å². The normalized spacial score (nSPS) is 14.2. The van der Waals surface area contributed by atoms with Crippen molar-refractivity contribution < 1.29 is 23.7 Å². The monoisotopic (exact) mass is 305 g/mol. The Hall–Kier alpha value is -0.690. The minimum absolute atomic E-state index is 0.212. The Morgan fingerprint density at radius 2 is 1.62 bits per heavy atom. The van der Waals surface area contributed by atoms with E-state index in [0.717, 1.165) is 6.42 Å². The van der Waals surface area contributed by atoms with E-state index in [4.69, 9.17) is 18.9 Å². The Balaban J connectivity index is 3.81. The first-order valence-corrected chi connectivity index (χ1v) is 7.47. The molecule has 1 N–H and O–H groups in total.